The fraction of sp³-hybridized carbons (Fsp3) is 0.632. The number of pyridine rings is 1. The van der Waals surface area contributed by atoms with E-state index in [0.717, 1.165) is 54.9 Å². The minimum absolute atomic E-state index is 0.105. The maximum absolute atomic E-state index is 13.3. The Morgan fingerprint density at radius 1 is 1.12 bits per heavy atom. The van der Waals surface area contributed by atoms with E-state index in [2.05, 4.69) is 44.7 Å². The second-order valence-corrected chi connectivity index (χ2v) is 7.62. The van der Waals surface area contributed by atoms with E-state index in [1.165, 1.54) is 0 Å². The highest BCUT2D eigenvalue weighted by Crippen LogP contribution is 2.25. The van der Waals surface area contributed by atoms with Crippen LogP contribution in [0.1, 0.15) is 62.1 Å². The van der Waals surface area contributed by atoms with Crippen LogP contribution in [-0.2, 0) is 0 Å². The number of carbonyl (C=O) groups excluding carboxylic acids is 1. The summed E-state index contributed by atoms with van der Waals surface area (Å²) in [5.41, 5.74) is 2.51. The average Bonchev–Trinajstić information content (AvgIpc) is 2.88. The lowest BCUT2D eigenvalue weighted by atomic mass is 10.0. The van der Waals surface area contributed by atoms with Gasteiger partial charge in [-0.3, -0.25) is 4.79 Å². The minimum Gasteiger partial charge on any atom is -0.337 e. The predicted octanol–water partition coefficient (Wildman–Crippen LogP) is 2.91. The van der Waals surface area contributed by atoms with Gasteiger partial charge >= 0.3 is 0 Å². The van der Waals surface area contributed by atoms with Crippen molar-refractivity contribution in [3.8, 4) is 0 Å². The molecule has 1 saturated heterocycles. The molecule has 6 nitrogen and oxygen atoms in total. The van der Waals surface area contributed by atoms with Gasteiger partial charge in [-0.15, -0.1) is 0 Å². The van der Waals surface area contributed by atoms with Gasteiger partial charge in [0.25, 0.3) is 5.91 Å². The summed E-state index contributed by atoms with van der Waals surface area (Å²) in [6, 6.07) is 2.18. The maximum Gasteiger partial charge on any atom is 0.254 e. The minimum atomic E-state index is 0.105. The Balaban J connectivity index is 2.06. The van der Waals surface area contributed by atoms with Crippen LogP contribution < -0.4 is 0 Å². The molecule has 1 aliphatic rings. The third-order valence-electron chi connectivity index (χ3n) is 4.90. The summed E-state index contributed by atoms with van der Waals surface area (Å²) in [7, 11) is 2.11. The molecule has 3 heterocycles. The van der Waals surface area contributed by atoms with E-state index < -0.39 is 0 Å². The molecule has 0 N–H and O–H groups in total. The zero-order valence-corrected chi connectivity index (χ0v) is 16.0. The largest absolute Gasteiger partial charge is 0.337 e. The number of hydrogen-bond donors (Lipinski definition) is 0. The molecule has 0 spiro atoms. The number of nitrogens with zero attached hydrogens (tertiary/aromatic N) is 5. The number of likely N-dealkylation sites (N-methyl/N-ethyl adjacent to an activating group) is 1. The molecule has 0 unspecified atom stereocenters. The first kappa shape index (κ1) is 17.9. The molecule has 0 aliphatic carbocycles. The second kappa shape index (κ2) is 7.12. The van der Waals surface area contributed by atoms with Crippen molar-refractivity contribution in [2.75, 3.05) is 33.2 Å². The molecule has 2 aromatic heterocycles. The fourth-order valence-corrected chi connectivity index (χ4v) is 3.31. The lowest BCUT2D eigenvalue weighted by Gasteiger charge is -2.21. The topological polar surface area (TPSA) is 54.3 Å². The van der Waals surface area contributed by atoms with Gasteiger partial charge in [0.1, 0.15) is 0 Å². The van der Waals surface area contributed by atoms with Gasteiger partial charge < -0.3 is 9.80 Å². The van der Waals surface area contributed by atoms with Crippen molar-refractivity contribution in [2.24, 2.45) is 0 Å². The number of hydrogen-bond acceptors (Lipinski definition) is 4. The first-order valence-corrected chi connectivity index (χ1v) is 9.24. The highest BCUT2D eigenvalue weighted by molar-refractivity contribution is 6.05. The van der Waals surface area contributed by atoms with Crippen molar-refractivity contribution in [2.45, 2.75) is 46.1 Å². The van der Waals surface area contributed by atoms with Crippen molar-refractivity contribution in [1.82, 2.24) is 24.6 Å². The van der Waals surface area contributed by atoms with Crippen LogP contribution in [0.3, 0.4) is 0 Å². The monoisotopic (exact) mass is 343 g/mol. The zero-order valence-electron chi connectivity index (χ0n) is 16.0. The van der Waals surface area contributed by atoms with Gasteiger partial charge in [0.05, 0.1) is 17.1 Å². The molecule has 0 aromatic carbocycles. The molecule has 0 radical (unpaired) electrons. The Hall–Kier alpha value is -1.95. The van der Waals surface area contributed by atoms with E-state index in [4.69, 9.17) is 4.98 Å². The first-order valence-electron chi connectivity index (χ1n) is 9.24. The second-order valence-electron chi connectivity index (χ2n) is 7.62. The molecule has 1 aliphatic heterocycles. The van der Waals surface area contributed by atoms with Gasteiger partial charge in [0.2, 0.25) is 0 Å². The van der Waals surface area contributed by atoms with Crippen LogP contribution >= 0.6 is 0 Å². The van der Waals surface area contributed by atoms with Gasteiger partial charge in [-0.25, -0.2) is 9.67 Å². The Morgan fingerprint density at radius 2 is 1.88 bits per heavy atom. The number of amides is 1. The van der Waals surface area contributed by atoms with Crippen LogP contribution in [0.15, 0.2) is 12.3 Å². The first-order chi connectivity index (χ1) is 11.9. The SMILES string of the molecule is CC(C)c1cc(C(=O)N2CCCN(C)CC2)c2cnn(C(C)C)c2n1. The molecule has 2 aromatic rings. The molecule has 6 heteroatoms. The fourth-order valence-electron chi connectivity index (χ4n) is 3.31. The summed E-state index contributed by atoms with van der Waals surface area (Å²) in [4.78, 5) is 22.3. The Morgan fingerprint density at radius 3 is 2.56 bits per heavy atom. The number of carbonyl (C=O) groups is 1. The molecule has 136 valence electrons. The van der Waals surface area contributed by atoms with Crippen molar-refractivity contribution in [1.29, 1.82) is 0 Å². The Kier molecular flexibility index (Phi) is 5.08. The molecule has 0 saturated carbocycles. The molecule has 0 atom stereocenters. The van der Waals surface area contributed by atoms with Crippen LogP contribution in [0.4, 0.5) is 0 Å². The summed E-state index contributed by atoms with van der Waals surface area (Å²) < 4.78 is 1.91. The van der Waals surface area contributed by atoms with Crippen LogP contribution in [0.5, 0.6) is 0 Å². The molecule has 1 amide bonds. The van der Waals surface area contributed by atoms with Crippen LogP contribution in [0.2, 0.25) is 0 Å². The van der Waals surface area contributed by atoms with Gasteiger partial charge in [-0.1, -0.05) is 13.8 Å². The number of fused-ring (bicyclic) bond motifs is 1. The molecular formula is C19H29N5O. The van der Waals surface area contributed by atoms with Gasteiger partial charge in [-0.2, -0.15) is 5.10 Å². The highest BCUT2D eigenvalue weighted by Gasteiger charge is 2.24. The van der Waals surface area contributed by atoms with E-state index in [1.54, 1.807) is 6.20 Å². The lowest BCUT2D eigenvalue weighted by molar-refractivity contribution is 0.0764. The number of aromatic nitrogens is 3. The van der Waals surface area contributed by atoms with Crippen LogP contribution in [0, 0.1) is 0 Å². The Labute approximate surface area is 149 Å². The van der Waals surface area contributed by atoms with E-state index in [1.807, 2.05) is 15.6 Å². The van der Waals surface area contributed by atoms with E-state index in [0.29, 0.717) is 0 Å². The maximum atomic E-state index is 13.3. The molecule has 3 rings (SSSR count). The molecule has 0 bridgehead atoms. The normalized spacial score (nSPS) is 16.8. The quantitative estimate of drug-likeness (QED) is 0.860. The highest BCUT2D eigenvalue weighted by atomic mass is 16.2. The van der Waals surface area contributed by atoms with E-state index in [-0.39, 0.29) is 17.9 Å². The van der Waals surface area contributed by atoms with E-state index >= 15 is 0 Å². The predicted molar refractivity (Wildman–Crippen MR) is 100 cm³/mol. The van der Waals surface area contributed by atoms with Crippen molar-refractivity contribution in [3.05, 3.63) is 23.5 Å². The molecule has 25 heavy (non-hydrogen) atoms. The van der Waals surface area contributed by atoms with Crippen LogP contribution in [-0.4, -0.2) is 63.7 Å². The summed E-state index contributed by atoms with van der Waals surface area (Å²) in [6.07, 6.45) is 2.81. The Bertz CT molecular complexity index is 765. The molecule has 1 fully saturated rings. The van der Waals surface area contributed by atoms with Crippen LogP contribution in [0.25, 0.3) is 11.0 Å². The third kappa shape index (κ3) is 3.54. The van der Waals surface area contributed by atoms with Gasteiger partial charge in [0.15, 0.2) is 5.65 Å². The summed E-state index contributed by atoms with van der Waals surface area (Å²) in [5.74, 6) is 0.370. The average molecular weight is 343 g/mol. The van der Waals surface area contributed by atoms with E-state index in [9.17, 15) is 4.79 Å². The van der Waals surface area contributed by atoms with Crippen molar-refractivity contribution >= 4 is 16.9 Å². The van der Waals surface area contributed by atoms with Crippen molar-refractivity contribution < 1.29 is 4.79 Å². The lowest BCUT2D eigenvalue weighted by Crippen LogP contribution is -2.34. The summed E-state index contributed by atoms with van der Waals surface area (Å²) >= 11 is 0. The standard InChI is InChI=1S/C19H29N5O/c1-13(2)17-11-15(16-12-20-24(14(3)4)18(16)21-17)19(25)23-8-6-7-22(5)9-10-23/h11-14H,6-10H2,1-5H3. The summed E-state index contributed by atoms with van der Waals surface area (Å²) in [6.45, 7) is 11.9. The summed E-state index contributed by atoms with van der Waals surface area (Å²) in [5, 5.41) is 5.35. The van der Waals surface area contributed by atoms with Gasteiger partial charge in [0, 0.05) is 31.4 Å². The zero-order chi connectivity index (χ0) is 18.1. The third-order valence-corrected chi connectivity index (χ3v) is 4.90. The number of rotatable bonds is 3. The van der Waals surface area contributed by atoms with Crippen molar-refractivity contribution in [3.63, 3.8) is 0 Å². The molecular weight excluding hydrogens is 314 g/mol. The smallest absolute Gasteiger partial charge is 0.254 e. The van der Waals surface area contributed by atoms with Gasteiger partial charge in [-0.05, 0) is 45.8 Å².